The van der Waals surface area contributed by atoms with Crippen LogP contribution in [0.2, 0.25) is 0 Å². The minimum Gasteiger partial charge on any atom is -0.292 e. The van der Waals surface area contributed by atoms with Crippen molar-refractivity contribution < 1.29 is 4.79 Å². The second-order valence-corrected chi connectivity index (χ2v) is 6.42. The molecule has 0 aliphatic rings. The van der Waals surface area contributed by atoms with Crippen LogP contribution in [0.3, 0.4) is 0 Å². The summed E-state index contributed by atoms with van der Waals surface area (Å²) in [7, 11) is 0. The van der Waals surface area contributed by atoms with Gasteiger partial charge in [-0.1, -0.05) is 48.8 Å². The molecule has 0 spiro atoms. The number of allylic oxidation sites excluding steroid dienone is 1. The second kappa shape index (κ2) is 5.71. The lowest BCUT2D eigenvalue weighted by Gasteiger charge is -2.18. The van der Waals surface area contributed by atoms with Crippen LogP contribution in [-0.4, -0.2) is 20.5 Å². The van der Waals surface area contributed by atoms with Crippen molar-refractivity contribution in [1.82, 2.24) is 14.8 Å². The Balaban J connectivity index is 2.50. The molecule has 0 saturated carbocycles. The highest BCUT2D eigenvalue weighted by Gasteiger charge is 2.26. The maximum absolute atomic E-state index is 12.6. The fourth-order valence-corrected chi connectivity index (χ4v) is 2.12. The van der Waals surface area contributed by atoms with Crippen LogP contribution < -0.4 is 0 Å². The van der Waals surface area contributed by atoms with Crippen molar-refractivity contribution in [1.29, 1.82) is 0 Å². The van der Waals surface area contributed by atoms with Crippen LogP contribution in [0.5, 0.6) is 0 Å². The Kier molecular flexibility index (Phi) is 4.18. The first-order chi connectivity index (χ1) is 9.38. The number of nitrogens with zero attached hydrogens (tertiary/aromatic N) is 3. The number of rotatable bonds is 3. The van der Waals surface area contributed by atoms with E-state index >= 15 is 0 Å². The molecule has 0 unspecified atom stereocenters. The third-order valence-corrected chi connectivity index (χ3v) is 3.22. The van der Waals surface area contributed by atoms with Gasteiger partial charge in [0.2, 0.25) is 0 Å². The van der Waals surface area contributed by atoms with Crippen molar-refractivity contribution in [2.75, 3.05) is 0 Å². The number of ketones is 1. The highest BCUT2D eigenvalue weighted by molar-refractivity contribution is 9.10. The van der Waals surface area contributed by atoms with Gasteiger partial charge in [0.05, 0.1) is 0 Å². The summed E-state index contributed by atoms with van der Waals surface area (Å²) in [5, 5.41) is 4.07. The first kappa shape index (κ1) is 14.7. The molecule has 2 rings (SSSR count). The zero-order valence-corrected chi connectivity index (χ0v) is 13.3. The SMILES string of the molecule is CC(C)(C)C(=O)C(=Cc1cccc(Br)c1)n1cncn1. The summed E-state index contributed by atoms with van der Waals surface area (Å²) in [6, 6.07) is 7.76. The van der Waals surface area contributed by atoms with Crippen LogP contribution in [0.15, 0.2) is 41.4 Å². The van der Waals surface area contributed by atoms with E-state index < -0.39 is 5.41 Å². The summed E-state index contributed by atoms with van der Waals surface area (Å²) in [5.41, 5.74) is 0.958. The summed E-state index contributed by atoms with van der Waals surface area (Å²) in [6.07, 6.45) is 4.78. The molecule has 1 aromatic carbocycles. The molecule has 0 radical (unpaired) electrons. The van der Waals surface area contributed by atoms with Crippen molar-refractivity contribution >= 4 is 33.5 Å². The number of carbonyl (C=O) groups is 1. The van der Waals surface area contributed by atoms with Crippen LogP contribution in [0, 0.1) is 5.41 Å². The average Bonchev–Trinajstić information content (AvgIpc) is 2.87. The largest absolute Gasteiger partial charge is 0.292 e. The molecular weight excluding hydrogens is 318 g/mol. The monoisotopic (exact) mass is 333 g/mol. The Bertz CT molecular complexity index is 639. The van der Waals surface area contributed by atoms with Crippen molar-refractivity contribution in [3.05, 3.63) is 47.0 Å². The van der Waals surface area contributed by atoms with E-state index in [1.807, 2.05) is 51.1 Å². The van der Waals surface area contributed by atoms with E-state index in [1.165, 1.54) is 17.3 Å². The summed E-state index contributed by atoms with van der Waals surface area (Å²) >= 11 is 3.43. The maximum Gasteiger partial charge on any atom is 0.186 e. The molecule has 0 atom stereocenters. The molecule has 0 bridgehead atoms. The zero-order chi connectivity index (χ0) is 14.8. The summed E-state index contributed by atoms with van der Waals surface area (Å²) < 4.78 is 2.47. The molecule has 0 aliphatic carbocycles. The van der Waals surface area contributed by atoms with E-state index in [4.69, 9.17) is 0 Å². The Labute approximate surface area is 126 Å². The number of hydrogen-bond donors (Lipinski definition) is 0. The number of Topliss-reactive ketones (excluding diaryl/α,β-unsaturated/α-hetero) is 1. The number of benzene rings is 1. The Hall–Kier alpha value is -1.75. The van der Waals surface area contributed by atoms with Gasteiger partial charge in [-0.05, 0) is 23.8 Å². The van der Waals surface area contributed by atoms with Gasteiger partial charge in [-0.3, -0.25) is 4.79 Å². The van der Waals surface area contributed by atoms with Gasteiger partial charge in [0.1, 0.15) is 18.4 Å². The van der Waals surface area contributed by atoms with E-state index in [0.717, 1.165) is 10.0 Å². The van der Waals surface area contributed by atoms with Crippen LogP contribution in [0.25, 0.3) is 11.8 Å². The molecule has 104 valence electrons. The molecule has 2 aromatic rings. The fraction of sp³-hybridized carbons (Fsp3) is 0.267. The number of aromatic nitrogens is 3. The Morgan fingerprint density at radius 2 is 2.10 bits per heavy atom. The molecule has 1 aromatic heterocycles. The van der Waals surface area contributed by atoms with Gasteiger partial charge in [0.25, 0.3) is 0 Å². The molecule has 0 aliphatic heterocycles. The second-order valence-electron chi connectivity index (χ2n) is 5.50. The maximum atomic E-state index is 12.6. The lowest BCUT2D eigenvalue weighted by Crippen LogP contribution is -2.24. The van der Waals surface area contributed by atoms with Crippen molar-refractivity contribution in [2.45, 2.75) is 20.8 Å². The number of hydrogen-bond acceptors (Lipinski definition) is 3. The third kappa shape index (κ3) is 3.42. The van der Waals surface area contributed by atoms with Crippen molar-refractivity contribution in [3.63, 3.8) is 0 Å². The van der Waals surface area contributed by atoms with Gasteiger partial charge in [0.15, 0.2) is 5.78 Å². The topological polar surface area (TPSA) is 47.8 Å². The van der Waals surface area contributed by atoms with Crippen LogP contribution >= 0.6 is 15.9 Å². The van der Waals surface area contributed by atoms with Gasteiger partial charge in [-0.2, -0.15) is 5.10 Å². The quantitative estimate of drug-likeness (QED) is 0.805. The Morgan fingerprint density at radius 3 is 2.65 bits per heavy atom. The number of halogens is 1. The summed E-state index contributed by atoms with van der Waals surface area (Å²) in [4.78, 5) is 16.5. The van der Waals surface area contributed by atoms with Gasteiger partial charge in [-0.15, -0.1) is 0 Å². The fourth-order valence-electron chi connectivity index (χ4n) is 1.71. The molecule has 20 heavy (non-hydrogen) atoms. The molecule has 4 nitrogen and oxygen atoms in total. The number of carbonyl (C=O) groups excluding carboxylic acids is 1. The zero-order valence-electron chi connectivity index (χ0n) is 11.7. The van der Waals surface area contributed by atoms with Gasteiger partial charge < -0.3 is 0 Å². The van der Waals surface area contributed by atoms with Gasteiger partial charge in [-0.25, -0.2) is 9.67 Å². The smallest absolute Gasteiger partial charge is 0.186 e. The Morgan fingerprint density at radius 1 is 1.35 bits per heavy atom. The van der Waals surface area contributed by atoms with Crippen molar-refractivity contribution in [2.24, 2.45) is 5.41 Å². The molecule has 0 N–H and O–H groups in total. The van der Waals surface area contributed by atoms with E-state index in [-0.39, 0.29) is 5.78 Å². The van der Waals surface area contributed by atoms with E-state index in [9.17, 15) is 4.79 Å². The first-order valence-electron chi connectivity index (χ1n) is 6.25. The standard InChI is InChI=1S/C15H16BrN3O/c1-15(2,3)14(20)13(19-10-17-9-18-19)8-11-5-4-6-12(16)7-11/h4-10H,1-3H3. The van der Waals surface area contributed by atoms with E-state index in [1.54, 1.807) is 0 Å². The predicted molar refractivity (Wildman–Crippen MR) is 82.8 cm³/mol. The normalized spacial score (nSPS) is 12.5. The molecule has 0 saturated heterocycles. The molecule has 5 heteroatoms. The molecule has 0 fully saturated rings. The summed E-state index contributed by atoms with van der Waals surface area (Å²) in [6.45, 7) is 5.67. The minimum absolute atomic E-state index is 0.0166. The van der Waals surface area contributed by atoms with Crippen LogP contribution in [0.4, 0.5) is 0 Å². The van der Waals surface area contributed by atoms with Crippen LogP contribution in [0.1, 0.15) is 26.3 Å². The molecule has 1 heterocycles. The average molecular weight is 334 g/mol. The minimum atomic E-state index is -0.482. The highest BCUT2D eigenvalue weighted by atomic mass is 79.9. The lowest BCUT2D eigenvalue weighted by atomic mass is 9.88. The van der Waals surface area contributed by atoms with E-state index in [0.29, 0.717) is 5.70 Å². The van der Waals surface area contributed by atoms with Gasteiger partial charge >= 0.3 is 0 Å². The molecular formula is C15H16BrN3O. The highest BCUT2D eigenvalue weighted by Crippen LogP contribution is 2.24. The van der Waals surface area contributed by atoms with Gasteiger partial charge in [0, 0.05) is 9.89 Å². The summed E-state index contributed by atoms with van der Waals surface area (Å²) in [5.74, 6) is 0.0166. The van der Waals surface area contributed by atoms with E-state index in [2.05, 4.69) is 26.0 Å². The first-order valence-corrected chi connectivity index (χ1v) is 7.04. The van der Waals surface area contributed by atoms with Crippen molar-refractivity contribution in [3.8, 4) is 0 Å². The van der Waals surface area contributed by atoms with Crippen LogP contribution in [-0.2, 0) is 4.79 Å². The third-order valence-electron chi connectivity index (χ3n) is 2.73. The molecule has 0 amide bonds. The predicted octanol–water partition coefficient (Wildman–Crippen LogP) is 3.65. The lowest BCUT2D eigenvalue weighted by molar-refractivity contribution is -0.120.